The molecule has 1 fully saturated rings. The Hall–Kier alpha value is -1.33. The predicted octanol–water partition coefficient (Wildman–Crippen LogP) is 3.10. The zero-order chi connectivity index (χ0) is 13.7. The number of halogens is 1. The molecule has 0 aromatic heterocycles. The lowest BCUT2D eigenvalue weighted by atomic mass is 10.1. The lowest BCUT2D eigenvalue weighted by Crippen LogP contribution is -2.28. The van der Waals surface area contributed by atoms with Gasteiger partial charge in [0.1, 0.15) is 11.9 Å². The van der Waals surface area contributed by atoms with Gasteiger partial charge < -0.3 is 14.6 Å². The number of ether oxygens (including phenoxy) is 2. The highest BCUT2D eigenvalue weighted by molar-refractivity contribution is 9.10. The smallest absolute Gasteiger partial charge is 0.328 e. The number of carbonyl (C=O) groups is 1. The van der Waals surface area contributed by atoms with Crippen molar-refractivity contribution in [3.63, 3.8) is 0 Å². The number of hydrogen-bond donors (Lipinski definition) is 1. The van der Waals surface area contributed by atoms with Crippen LogP contribution < -0.4 is 4.74 Å². The molecule has 1 aliphatic rings. The van der Waals surface area contributed by atoms with Crippen LogP contribution in [0.1, 0.15) is 18.4 Å². The third-order valence-corrected chi connectivity index (χ3v) is 3.41. The summed E-state index contributed by atoms with van der Waals surface area (Å²) in [5.41, 5.74) is 0.807. The highest BCUT2D eigenvalue weighted by Crippen LogP contribution is 2.28. The van der Waals surface area contributed by atoms with Gasteiger partial charge in [0, 0.05) is 12.7 Å². The predicted molar refractivity (Wildman–Crippen MR) is 75.3 cm³/mol. The molecular formula is C14H15BrO4. The minimum atomic E-state index is -0.962. The molecule has 1 N–H and O–H groups in total. The van der Waals surface area contributed by atoms with Crippen LogP contribution in [-0.2, 0) is 9.53 Å². The van der Waals surface area contributed by atoms with E-state index in [-0.39, 0.29) is 6.10 Å². The Labute approximate surface area is 120 Å². The summed E-state index contributed by atoms with van der Waals surface area (Å²) in [6.45, 7) is 1.42. The van der Waals surface area contributed by atoms with Crippen molar-refractivity contribution in [1.29, 1.82) is 0 Å². The van der Waals surface area contributed by atoms with E-state index >= 15 is 0 Å². The van der Waals surface area contributed by atoms with E-state index in [9.17, 15) is 4.79 Å². The zero-order valence-corrected chi connectivity index (χ0v) is 11.9. The quantitative estimate of drug-likeness (QED) is 0.864. The van der Waals surface area contributed by atoms with Gasteiger partial charge in [-0.1, -0.05) is 6.07 Å². The van der Waals surface area contributed by atoms with E-state index in [1.54, 1.807) is 6.08 Å². The summed E-state index contributed by atoms with van der Waals surface area (Å²) < 4.78 is 12.0. The molecule has 0 amide bonds. The molecule has 4 nitrogen and oxygen atoms in total. The van der Waals surface area contributed by atoms with Crippen LogP contribution in [0.15, 0.2) is 28.7 Å². The van der Waals surface area contributed by atoms with Gasteiger partial charge >= 0.3 is 5.97 Å². The molecule has 1 saturated heterocycles. The normalized spacial score (nSPS) is 19.5. The number of hydrogen-bond acceptors (Lipinski definition) is 3. The molecule has 1 aromatic rings. The first-order valence-corrected chi connectivity index (χ1v) is 6.89. The van der Waals surface area contributed by atoms with E-state index in [4.69, 9.17) is 14.6 Å². The molecule has 19 heavy (non-hydrogen) atoms. The Morgan fingerprint density at radius 1 is 1.53 bits per heavy atom. The summed E-state index contributed by atoms with van der Waals surface area (Å²) in [4.78, 5) is 10.5. The van der Waals surface area contributed by atoms with Gasteiger partial charge in [0.05, 0.1) is 11.1 Å². The third kappa shape index (κ3) is 4.36. The van der Waals surface area contributed by atoms with Crippen molar-refractivity contribution in [2.75, 3.05) is 13.2 Å². The number of aliphatic carboxylic acids is 1. The van der Waals surface area contributed by atoms with E-state index in [2.05, 4.69) is 15.9 Å². The number of benzene rings is 1. The minimum absolute atomic E-state index is 0.0884. The first-order valence-electron chi connectivity index (χ1n) is 6.10. The van der Waals surface area contributed by atoms with Crippen LogP contribution in [0, 0.1) is 0 Å². The Balaban J connectivity index is 2.04. The SMILES string of the molecule is O=C(O)/C=C/c1ccc(OC2CCCOC2)c(Br)c1. The van der Waals surface area contributed by atoms with Crippen LogP contribution in [0.3, 0.4) is 0 Å². The van der Waals surface area contributed by atoms with Gasteiger partial charge in [0.15, 0.2) is 0 Å². The molecule has 0 spiro atoms. The molecule has 0 saturated carbocycles. The van der Waals surface area contributed by atoms with Gasteiger partial charge in [0.25, 0.3) is 0 Å². The van der Waals surface area contributed by atoms with Crippen molar-refractivity contribution in [1.82, 2.24) is 0 Å². The Kier molecular flexibility index (Phi) is 4.99. The van der Waals surface area contributed by atoms with Gasteiger partial charge in [-0.2, -0.15) is 0 Å². The van der Waals surface area contributed by atoms with Gasteiger partial charge in [-0.25, -0.2) is 4.79 Å². The molecule has 1 unspecified atom stereocenters. The van der Waals surface area contributed by atoms with E-state index in [1.165, 1.54) is 0 Å². The minimum Gasteiger partial charge on any atom is -0.487 e. The summed E-state index contributed by atoms with van der Waals surface area (Å²) in [5, 5.41) is 8.58. The third-order valence-electron chi connectivity index (χ3n) is 2.79. The molecule has 5 heteroatoms. The largest absolute Gasteiger partial charge is 0.487 e. The lowest BCUT2D eigenvalue weighted by Gasteiger charge is -2.23. The second-order valence-electron chi connectivity index (χ2n) is 4.32. The Morgan fingerprint density at radius 3 is 3.00 bits per heavy atom. The average Bonchev–Trinajstić information content (AvgIpc) is 2.40. The molecule has 0 aliphatic carbocycles. The van der Waals surface area contributed by atoms with Crippen molar-refractivity contribution in [3.8, 4) is 5.75 Å². The van der Waals surface area contributed by atoms with Crippen molar-refractivity contribution in [2.24, 2.45) is 0 Å². The molecule has 102 valence electrons. The number of carboxylic acids is 1. The molecule has 1 aromatic carbocycles. The van der Waals surface area contributed by atoms with Crippen molar-refractivity contribution >= 4 is 28.0 Å². The molecule has 1 aliphatic heterocycles. The summed E-state index contributed by atoms with van der Waals surface area (Å²) >= 11 is 3.43. The molecule has 2 rings (SSSR count). The van der Waals surface area contributed by atoms with E-state index < -0.39 is 5.97 Å². The van der Waals surface area contributed by atoms with Crippen LogP contribution >= 0.6 is 15.9 Å². The Bertz CT molecular complexity index is 478. The van der Waals surface area contributed by atoms with Crippen LogP contribution in [0.2, 0.25) is 0 Å². The number of carboxylic acid groups (broad SMARTS) is 1. The summed E-state index contributed by atoms with van der Waals surface area (Å²) in [7, 11) is 0. The number of rotatable bonds is 4. The summed E-state index contributed by atoms with van der Waals surface area (Å²) in [6, 6.07) is 5.49. The zero-order valence-electron chi connectivity index (χ0n) is 10.3. The van der Waals surface area contributed by atoms with Crippen LogP contribution in [0.4, 0.5) is 0 Å². The lowest BCUT2D eigenvalue weighted by molar-refractivity contribution is -0.131. The van der Waals surface area contributed by atoms with Crippen LogP contribution in [0.5, 0.6) is 5.75 Å². The fraction of sp³-hybridized carbons (Fsp3) is 0.357. The molecule has 1 heterocycles. The topological polar surface area (TPSA) is 55.8 Å². The maximum atomic E-state index is 10.5. The van der Waals surface area contributed by atoms with Crippen LogP contribution in [0.25, 0.3) is 6.08 Å². The second-order valence-corrected chi connectivity index (χ2v) is 5.17. The van der Waals surface area contributed by atoms with Gasteiger partial charge in [-0.3, -0.25) is 0 Å². The molecule has 1 atom stereocenters. The molecule has 0 radical (unpaired) electrons. The maximum Gasteiger partial charge on any atom is 0.328 e. The first-order chi connectivity index (χ1) is 9.15. The standard InChI is InChI=1S/C14H15BrO4/c15-12-8-10(4-6-14(16)17)3-5-13(12)19-11-2-1-7-18-9-11/h3-6,8,11H,1-2,7,9H2,(H,16,17)/b6-4+. The highest BCUT2D eigenvalue weighted by Gasteiger charge is 2.16. The highest BCUT2D eigenvalue weighted by atomic mass is 79.9. The van der Waals surface area contributed by atoms with Crippen LogP contribution in [-0.4, -0.2) is 30.4 Å². The van der Waals surface area contributed by atoms with Crippen molar-refractivity contribution in [3.05, 3.63) is 34.3 Å². The maximum absolute atomic E-state index is 10.5. The van der Waals surface area contributed by atoms with Crippen molar-refractivity contribution < 1.29 is 19.4 Å². The first kappa shape index (κ1) is 14.1. The molecule has 0 bridgehead atoms. The summed E-state index contributed by atoms with van der Waals surface area (Å²) in [6.07, 6.45) is 4.75. The fourth-order valence-electron chi connectivity index (χ4n) is 1.87. The molecular weight excluding hydrogens is 312 g/mol. The average molecular weight is 327 g/mol. The van der Waals surface area contributed by atoms with E-state index in [1.807, 2.05) is 18.2 Å². The van der Waals surface area contributed by atoms with Gasteiger partial charge in [-0.05, 0) is 52.5 Å². The van der Waals surface area contributed by atoms with E-state index in [0.29, 0.717) is 6.61 Å². The van der Waals surface area contributed by atoms with Gasteiger partial charge in [-0.15, -0.1) is 0 Å². The van der Waals surface area contributed by atoms with E-state index in [0.717, 1.165) is 41.3 Å². The Morgan fingerprint density at radius 2 is 2.37 bits per heavy atom. The second kappa shape index (κ2) is 6.73. The fourth-order valence-corrected chi connectivity index (χ4v) is 2.36. The van der Waals surface area contributed by atoms with Gasteiger partial charge in [0.2, 0.25) is 0 Å². The van der Waals surface area contributed by atoms with Crippen molar-refractivity contribution in [2.45, 2.75) is 18.9 Å². The summed E-state index contributed by atoms with van der Waals surface area (Å²) in [5.74, 6) is -0.209. The monoisotopic (exact) mass is 326 g/mol.